The lowest BCUT2D eigenvalue weighted by molar-refractivity contribution is -0.384. The Hall–Kier alpha value is -2.57. The van der Waals surface area contributed by atoms with E-state index in [0.717, 1.165) is 12.1 Å². The highest BCUT2D eigenvalue weighted by molar-refractivity contribution is 5.58. The van der Waals surface area contributed by atoms with Gasteiger partial charge in [-0.1, -0.05) is 0 Å². The van der Waals surface area contributed by atoms with Crippen LogP contribution in [0.2, 0.25) is 0 Å². The first kappa shape index (κ1) is 11.9. The van der Waals surface area contributed by atoms with Crippen LogP contribution in [0.1, 0.15) is 0 Å². The van der Waals surface area contributed by atoms with E-state index >= 15 is 0 Å². The minimum absolute atomic E-state index is 0.143. The Labute approximate surface area is 100 Å². The molecule has 0 unspecified atom stereocenters. The molecular weight excluding hydrogens is 244 g/mol. The number of halogens is 2. The molecule has 0 amide bonds. The highest BCUT2D eigenvalue weighted by Crippen LogP contribution is 2.20. The Bertz CT molecular complexity index is 605. The molecule has 18 heavy (non-hydrogen) atoms. The number of nitrogens with one attached hydrogen (secondary N) is 1. The van der Waals surface area contributed by atoms with Crippen LogP contribution in [0.15, 0.2) is 36.5 Å². The van der Waals surface area contributed by atoms with E-state index in [0.29, 0.717) is 0 Å². The molecule has 0 aliphatic heterocycles. The summed E-state index contributed by atoms with van der Waals surface area (Å²) in [6.07, 6.45) is 1.25. The van der Waals surface area contributed by atoms with Gasteiger partial charge in [0.1, 0.15) is 5.82 Å². The van der Waals surface area contributed by atoms with E-state index in [1.54, 1.807) is 0 Å². The largest absolute Gasteiger partial charge is 0.340 e. The lowest BCUT2D eigenvalue weighted by Gasteiger charge is -2.05. The molecule has 5 nitrogen and oxygen atoms in total. The fourth-order valence-corrected chi connectivity index (χ4v) is 1.32. The molecule has 7 heteroatoms. The zero-order valence-electron chi connectivity index (χ0n) is 8.93. The molecule has 0 atom stereocenters. The van der Waals surface area contributed by atoms with E-state index in [1.165, 1.54) is 24.4 Å². The molecule has 1 aromatic heterocycles. The van der Waals surface area contributed by atoms with E-state index in [4.69, 9.17) is 0 Å². The van der Waals surface area contributed by atoms with Crippen LogP contribution in [-0.4, -0.2) is 9.91 Å². The zero-order chi connectivity index (χ0) is 13.1. The lowest BCUT2D eigenvalue weighted by Crippen LogP contribution is -1.96. The second kappa shape index (κ2) is 4.74. The van der Waals surface area contributed by atoms with Crippen LogP contribution in [0.4, 0.5) is 26.0 Å². The van der Waals surface area contributed by atoms with Gasteiger partial charge in [0, 0.05) is 24.0 Å². The third-order valence-corrected chi connectivity index (χ3v) is 2.15. The molecule has 1 N–H and O–H groups in total. The van der Waals surface area contributed by atoms with Crippen LogP contribution < -0.4 is 5.32 Å². The first-order chi connectivity index (χ1) is 8.56. The summed E-state index contributed by atoms with van der Waals surface area (Å²) in [4.78, 5) is 13.8. The van der Waals surface area contributed by atoms with Crippen molar-refractivity contribution in [3.05, 3.63) is 58.3 Å². The summed E-state index contributed by atoms with van der Waals surface area (Å²) in [5, 5.41) is 13.2. The molecule has 2 rings (SSSR count). The summed E-state index contributed by atoms with van der Waals surface area (Å²) in [6.45, 7) is 0. The van der Waals surface area contributed by atoms with E-state index in [-0.39, 0.29) is 17.2 Å². The van der Waals surface area contributed by atoms with Gasteiger partial charge in [0.2, 0.25) is 0 Å². The number of rotatable bonds is 3. The van der Waals surface area contributed by atoms with Gasteiger partial charge < -0.3 is 5.32 Å². The average Bonchev–Trinajstić information content (AvgIpc) is 2.34. The fourth-order valence-electron chi connectivity index (χ4n) is 1.32. The second-order valence-corrected chi connectivity index (χ2v) is 3.41. The molecule has 1 aromatic carbocycles. The Morgan fingerprint density at radius 2 is 1.94 bits per heavy atom. The maximum atomic E-state index is 12.9. The molecule has 0 bridgehead atoms. The van der Waals surface area contributed by atoms with Gasteiger partial charge in [-0.25, -0.2) is 13.8 Å². The lowest BCUT2D eigenvalue weighted by atomic mass is 10.3. The number of benzene rings is 1. The van der Waals surface area contributed by atoms with Crippen LogP contribution in [0, 0.1) is 21.7 Å². The molecule has 0 saturated carbocycles. The van der Waals surface area contributed by atoms with Gasteiger partial charge in [0.25, 0.3) is 5.69 Å². The number of aromatic nitrogens is 1. The van der Waals surface area contributed by atoms with Crippen molar-refractivity contribution in [2.24, 2.45) is 0 Å². The summed E-state index contributed by atoms with van der Waals surface area (Å²) in [6, 6.07) is 5.63. The third kappa shape index (κ3) is 2.57. The fraction of sp³-hybridized carbons (Fsp3) is 0. The normalized spacial score (nSPS) is 10.1. The summed E-state index contributed by atoms with van der Waals surface area (Å²) < 4.78 is 25.6. The minimum Gasteiger partial charge on any atom is -0.340 e. The maximum Gasteiger partial charge on any atom is 0.274 e. The standard InChI is InChI=1S/C11H7F2N3O2/c12-9-2-1-7(5-10(9)13)15-11-6-8(16(17)18)3-4-14-11/h1-6H,(H,14,15). The number of hydrogen-bond donors (Lipinski definition) is 1. The molecule has 0 saturated heterocycles. The number of nitrogens with zero attached hydrogens (tertiary/aromatic N) is 2. The summed E-state index contributed by atoms with van der Waals surface area (Å²) >= 11 is 0. The molecule has 0 aliphatic carbocycles. The van der Waals surface area contributed by atoms with Crippen molar-refractivity contribution >= 4 is 17.2 Å². The second-order valence-electron chi connectivity index (χ2n) is 3.41. The SMILES string of the molecule is O=[N+]([O-])c1ccnc(Nc2ccc(F)c(F)c2)c1. The molecule has 2 aromatic rings. The monoisotopic (exact) mass is 251 g/mol. The molecule has 92 valence electrons. The van der Waals surface area contributed by atoms with Crippen LogP contribution in [0.5, 0.6) is 0 Å². The van der Waals surface area contributed by atoms with Crippen molar-refractivity contribution in [1.82, 2.24) is 4.98 Å². The van der Waals surface area contributed by atoms with E-state index in [9.17, 15) is 18.9 Å². The summed E-state index contributed by atoms with van der Waals surface area (Å²) in [5.41, 5.74) is 0.108. The summed E-state index contributed by atoms with van der Waals surface area (Å²) in [5.74, 6) is -1.80. The Balaban J connectivity index is 2.25. The van der Waals surface area contributed by atoms with Gasteiger partial charge in [0.05, 0.1) is 11.0 Å². The molecule has 0 fully saturated rings. The minimum atomic E-state index is -1.01. The number of hydrogen-bond acceptors (Lipinski definition) is 4. The highest BCUT2D eigenvalue weighted by atomic mass is 19.2. The maximum absolute atomic E-state index is 12.9. The van der Waals surface area contributed by atoms with E-state index in [1.807, 2.05) is 0 Å². The van der Waals surface area contributed by atoms with Crippen molar-refractivity contribution < 1.29 is 13.7 Å². The zero-order valence-corrected chi connectivity index (χ0v) is 8.93. The van der Waals surface area contributed by atoms with Crippen molar-refractivity contribution in [2.75, 3.05) is 5.32 Å². The van der Waals surface area contributed by atoms with Gasteiger partial charge >= 0.3 is 0 Å². The van der Waals surface area contributed by atoms with Gasteiger partial charge in [-0.2, -0.15) is 0 Å². The van der Waals surface area contributed by atoms with E-state index in [2.05, 4.69) is 10.3 Å². The first-order valence-corrected chi connectivity index (χ1v) is 4.89. The van der Waals surface area contributed by atoms with Crippen molar-refractivity contribution in [1.29, 1.82) is 0 Å². The highest BCUT2D eigenvalue weighted by Gasteiger charge is 2.08. The van der Waals surface area contributed by atoms with Crippen LogP contribution >= 0.6 is 0 Å². The van der Waals surface area contributed by atoms with Gasteiger partial charge in [-0.3, -0.25) is 10.1 Å². The van der Waals surface area contributed by atoms with Crippen molar-refractivity contribution in [3.63, 3.8) is 0 Å². The first-order valence-electron chi connectivity index (χ1n) is 4.89. The van der Waals surface area contributed by atoms with E-state index < -0.39 is 16.6 Å². The van der Waals surface area contributed by atoms with Crippen LogP contribution in [0.25, 0.3) is 0 Å². The number of nitro groups is 1. The predicted molar refractivity (Wildman–Crippen MR) is 60.5 cm³/mol. The Morgan fingerprint density at radius 3 is 2.61 bits per heavy atom. The predicted octanol–water partition coefficient (Wildman–Crippen LogP) is 3.01. The molecule has 0 aliphatic rings. The van der Waals surface area contributed by atoms with Crippen molar-refractivity contribution in [2.45, 2.75) is 0 Å². The van der Waals surface area contributed by atoms with Crippen molar-refractivity contribution in [3.8, 4) is 0 Å². The van der Waals surface area contributed by atoms with Gasteiger partial charge in [0.15, 0.2) is 11.6 Å². The van der Waals surface area contributed by atoms with Crippen LogP contribution in [0.3, 0.4) is 0 Å². The quantitative estimate of drug-likeness (QED) is 0.672. The Morgan fingerprint density at radius 1 is 1.17 bits per heavy atom. The average molecular weight is 251 g/mol. The number of anilines is 2. The van der Waals surface area contributed by atoms with Crippen LogP contribution in [-0.2, 0) is 0 Å². The number of pyridine rings is 1. The third-order valence-electron chi connectivity index (χ3n) is 2.15. The van der Waals surface area contributed by atoms with Gasteiger partial charge in [-0.05, 0) is 12.1 Å². The summed E-state index contributed by atoms with van der Waals surface area (Å²) in [7, 11) is 0. The topological polar surface area (TPSA) is 68.1 Å². The van der Waals surface area contributed by atoms with Gasteiger partial charge in [-0.15, -0.1) is 0 Å². The molecule has 1 heterocycles. The molecule has 0 spiro atoms. The smallest absolute Gasteiger partial charge is 0.274 e. The Kier molecular flexibility index (Phi) is 3.13. The molecular formula is C11H7F2N3O2. The molecule has 0 radical (unpaired) electrons.